The number of amides is 2. The van der Waals surface area contributed by atoms with E-state index in [1.54, 1.807) is 32.9 Å². The molecule has 0 aliphatic carbocycles. The molecule has 2 amide bonds. The lowest BCUT2D eigenvalue weighted by molar-refractivity contribution is -0.120. The molecule has 0 aromatic heterocycles. The van der Waals surface area contributed by atoms with E-state index in [2.05, 4.69) is 5.32 Å². The minimum Gasteiger partial charge on any atom is -0.444 e. The normalized spacial score (nSPS) is 21.5. The summed E-state index contributed by atoms with van der Waals surface area (Å²) in [5, 5.41) is 2.81. The van der Waals surface area contributed by atoms with E-state index in [-0.39, 0.29) is 11.9 Å². The van der Waals surface area contributed by atoms with Gasteiger partial charge in [0.25, 0.3) is 0 Å². The molecule has 1 saturated heterocycles. The molecule has 1 aromatic rings. The SMILES string of the molecule is CC(C)(C)OC(=O)N1C[C@H](N)C[C@H]1C(=O)Nc1ccccc1. The standard InChI is InChI=1S/C16H23N3O3/c1-16(2,3)22-15(21)19-10-11(17)9-13(19)14(20)18-12-7-5-4-6-8-12/h4-8,11,13H,9-10,17H2,1-3H3,(H,18,20)/t11-,13+/m1/s1. The van der Waals surface area contributed by atoms with Crippen LogP contribution in [-0.2, 0) is 9.53 Å². The van der Waals surface area contributed by atoms with Gasteiger partial charge in [0, 0.05) is 18.3 Å². The lowest BCUT2D eigenvalue weighted by Crippen LogP contribution is -2.45. The van der Waals surface area contributed by atoms with Crippen LogP contribution in [0.25, 0.3) is 0 Å². The van der Waals surface area contributed by atoms with E-state index >= 15 is 0 Å². The Morgan fingerprint density at radius 1 is 1.27 bits per heavy atom. The van der Waals surface area contributed by atoms with Crippen LogP contribution in [0.2, 0.25) is 0 Å². The molecule has 1 aliphatic rings. The molecular formula is C16H23N3O3. The van der Waals surface area contributed by atoms with Gasteiger partial charge in [-0.1, -0.05) is 18.2 Å². The number of nitrogens with zero attached hydrogens (tertiary/aromatic N) is 1. The predicted molar refractivity (Wildman–Crippen MR) is 84.4 cm³/mol. The number of ether oxygens (including phenoxy) is 1. The molecule has 6 nitrogen and oxygen atoms in total. The average Bonchev–Trinajstić information content (AvgIpc) is 2.80. The maximum Gasteiger partial charge on any atom is 0.411 e. The van der Waals surface area contributed by atoms with Crippen molar-refractivity contribution in [3.8, 4) is 0 Å². The monoisotopic (exact) mass is 305 g/mol. The molecule has 22 heavy (non-hydrogen) atoms. The Morgan fingerprint density at radius 2 is 1.91 bits per heavy atom. The number of rotatable bonds is 2. The van der Waals surface area contributed by atoms with Crippen LogP contribution in [0.15, 0.2) is 30.3 Å². The summed E-state index contributed by atoms with van der Waals surface area (Å²) in [4.78, 5) is 26.1. The van der Waals surface area contributed by atoms with E-state index in [9.17, 15) is 9.59 Å². The first-order chi connectivity index (χ1) is 10.3. The predicted octanol–water partition coefficient (Wildman–Crippen LogP) is 1.96. The summed E-state index contributed by atoms with van der Waals surface area (Å²) >= 11 is 0. The number of anilines is 1. The first-order valence-corrected chi connectivity index (χ1v) is 7.37. The zero-order valence-electron chi connectivity index (χ0n) is 13.2. The minimum atomic E-state index is -0.607. The fourth-order valence-corrected chi connectivity index (χ4v) is 2.39. The van der Waals surface area contributed by atoms with Gasteiger partial charge in [-0.2, -0.15) is 0 Å². The molecule has 0 radical (unpaired) electrons. The third-order valence-corrected chi connectivity index (χ3v) is 3.31. The fourth-order valence-electron chi connectivity index (χ4n) is 2.39. The molecule has 2 atom stereocenters. The van der Waals surface area contributed by atoms with Crippen molar-refractivity contribution in [2.24, 2.45) is 5.73 Å². The summed E-state index contributed by atoms with van der Waals surface area (Å²) in [6.45, 7) is 5.70. The molecule has 1 heterocycles. The van der Waals surface area contributed by atoms with Gasteiger partial charge in [0.15, 0.2) is 0 Å². The second-order valence-corrected chi connectivity index (χ2v) is 6.50. The first-order valence-electron chi connectivity index (χ1n) is 7.37. The lowest BCUT2D eigenvalue weighted by Gasteiger charge is -2.27. The summed E-state index contributed by atoms with van der Waals surface area (Å²) in [6, 6.07) is 8.30. The van der Waals surface area contributed by atoms with Gasteiger partial charge in [-0.05, 0) is 39.3 Å². The van der Waals surface area contributed by atoms with Gasteiger partial charge in [0.1, 0.15) is 11.6 Å². The van der Waals surface area contributed by atoms with Crippen LogP contribution in [0.1, 0.15) is 27.2 Å². The van der Waals surface area contributed by atoms with Crippen molar-refractivity contribution < 1.29 is 14.3 Å². The summed E-state index contributed by atoms with van der Waals surface area (Å²) in [6.07, 6.45) is -0.0774. The Bertz CT molecular complexity index is 539. The van der Waals surface area contributed by atoms with E-state index in [4.69, 9.17) is 10.5 Å². The van der Waals surface area contributed by atoms with Crippen LogP contribution in [0.4, 0.5) is 10.5 Å². The number of carbonyl (C=O) groups is 2. The molecule has 3 N–H and O–H groups in total. The van der Waals surface area contributed by atoms with Crippen molar-refractivity contribution in [2.75, 3.05) is 11.9 Å². The lowest BCUT2D eigenvalue weighted by atomic mass is 10.1. The number of hydrogen-bond acceptors (Lipinski definition) is 4. The Balaban J connectivity index is 2.07. The summed E-state index contributed by atoms with van der Waals surface area (Å²) in [7, 11) is 0. The van der Waals surface area contributed by atoms with Crippen LogP contribution in [0, 0.1) is 0 Å². The number of carbonyl (C=O) groups excluding carboxylic acids is 2. The highest BCUT2D eigenvalue weighted by Crippen LogP contribution is 2.21. The smallest absolute Gasteiger partial charge is 0.411 e. The Hall–Kier alpha value is -2.08. The number of nitrogens with two attached hydrogens (primary N) is 1. The quantitative estimate of drug-likeness (QED) is 0.874. The van der Waals surface area contributed by atoms with E-state index in [0.29, 0.717) is 18.7 Å². The van der Waals surface area contributed by atoms with Crippen LogP contribution in [0.3, 0.4) is 0 Å². The average molecular weight is 305 g/mol. The van der Waals surface area contributed by atoms with Gasteiger partial charge in [-0.3, -0.25) is 9.69 Å². The number of hydrogen-bond donors (Lipinski definition) is 2. The minimum absolute atomic E-state index is 0.223. The van der Waals surface area contributed by atoms with Gasteiger partial charge < -0.3 is 15.8 Å². The van der Waals surface area contributed by atoms with E-state index < -0.39 is 17.7 Å². The Morgan fingerprint density at radius 3 is 2.50 bits per heavy atom. The largest absolute Gasteiger partial charge is 0.444 e. The van der Waals surface area contributed by atoms with Crippen LogP contribution in [0.5, 0.6) is 0 Å². The van der Waals surface area contributed by atoms with Crippen LogP contribution >= 0.6 is 0 Å². The van der Waals surface area contributed by atoms with E-state index in [0.717, 1.165) is 0 Å². The molecule has 1 aromatic carbocycles. The molecule has 0 bridgehead atoms. The molecule has 6 heteroatoms. The van der Waals surface area contributed by atoms with Crippen molar-refractivity contribution in [3.05, 3.63) is 30.3 Å². The van der Waals surface area contributed by atoms with Gasteiger partial charge in [0.05, 0.1) is 0 Å². The van der Waals surface area contributed by atoms with Crippen molar-refractivity contribution in [3.63, 3.8) is 0 Å². The van der Waals surface area contributed by atoms with Crippen molar-refractivity contribution in [1.29, 1.82) is 0 Å². The summed E-state index contributed by atoms with van der Waals surface area (Å²) < 4.78 is 5.35. The van der Waals surface area contributed by atoms with Gasteiger partial charge >= 0.3 is 6.09 Å². The summed E-state index contributed by atoms with van der Waals surface area (Å²) in [5.41, 5.74) is 6.00. The van der Waals surface area contributed by atoms with Crippen LogP contribution < -0.4 is 11.1 Å². The van der Waals surface area contributed by atoms with Gasteiger partial charge in [-0.25, -0.2) is 4.79 Å². The van der Waals surface area contributed by atoms with Gasteiger partial charge in [-0.15, -0.1) is 0 Å². The summed E-state index contributed by atoms with van der Waals surface area (Å²) in [5.74, 6) is -0.245. The molecule has 120 valence electrons. The second-order valence-electron chi connectivity index (χ2n) is 6.50. The van der Waals surface area contributed by atoms with Crippen LogP contribution in [-0.4, -0.2) is 41.1 Å². The maximum absolute atomic E-state index is 12.4. The molecule has 0 spiro atoms. The van der Waals surface area contributed by atoms with Crippen molar-refractivity contribution in [1.82, 2.24) is 4.90 Å². The number of para-hydroxylation sites is 1. The number of nitrogens with one attached hydrogen (secondary N) is 1. The zero-order valence-corrected chi connectivity index (χ0v) is 13.2. The number of benzene rings is 1. The topological polar surface area (TPSA) is 84.7 Å². The van der Waals surface area contributed by atoms with E-state index in [1.807, 2.05) is 18.2 Å². The highest BCUT2D eigenvalue weighted by molar-refractivity contribution is 5.97. The Kier molecular flexibility index (Phi) is 4.71. The molecule has 0 unspecified atom stereocenters. The molecule has 2 rings (SSSR count). The molecule has 1 aliphatic heterocycles. The maximum atomic E-state index is 12.4. The Labute approximate surface area is 130 Å². The van der Waals surface area contributed by atoms with E-state index in [1.165, 1.54) is 4.90 Å². The number of likely N-dealkylation sites (tertiary alicyclic amines) is 1. The second kappa shape index (κ2) is 6.36. The van der Waals surface area contributed by atoms with Crippen molar-refractivity contribution in [2.45, 2.75) is 44.9 Å². The molecule has 1 fully saturated rings. The molecule has 0 saturated carbocycles. The third-order valence-electron chi connectivity index (χ3n) is 3.31. The van der Waals surface area contributed by atoms with Gasteiger partial charge in [0.2, 0.25) is 5.91 Å². The molecular weight excluding hydrogens is 282 g/mol. The van der Waals surface area contributed by atoms with Crippen molar-refractivity contribution >= 4 is 17.7 Å². The fraction of sp³-hybridized carbons (Fsp3) is 0.500. The zero-order chi connectivity index (χ0) is 16.3. The highest BCUT2D eigenvalue weighted by atomic mass is 16.6. The third kappa shape index (κ3) is 4.21. The highest BCUT2D eigenvalue weighted by Gasteiger charge is 2.40. The first kappa shape index (κ1) is 16.3.